The molecule has 1 saturated carbocycles. The molecule has 3 rings (SSSR count). The van der Waals surface area contributed by atoms with Gasteiger partial charge in [0.1, 0.15) is 0 Å². The molecule has 156 valence electrons. The fraction of sp³-hybridized carbons (Fsp3) is 0.579. The molecule has 7 nitrogen and oxygen atoms in total. The summed E-state index contributed by atoms with van der Waals surface area (Å²) in [5, 5.41) is 6.35. The standard InChI is InChI=1S/C19H29N5O2S.HI/c1-20-19(21-9-14-27(26)17-5-3-2-4-6-17)24-12-10-23(11-13-24)15-18(25)22-16-7-8-16;/h2-6,16H,7-15H2,1H3,(H,20,21)(H,22,25);1H. The lowest BCUT2D eigenvalue weighted by atomic mass is 10.3. The van der Waals surface area contributed by atoms with Crippen LogP contribution in [0.25, 0.3) is 0 Å². The summed E-state index contributed by atoms with van der Waals surface area (Å²) in [6, 6.07) is 9.94. The van der Waals surface area contributed by atoms with Crippen molar-refractivity contribution in [2.75, 3.05) is 52.1 Å². The Hall–Kier alpha value is -1.20. The molecule has 1 atom stereocenters. The number of amides is 1. The second kappa shape index (κ2) is 11.7. The number of aliphatic imine (C=N–C) groups is 1. The Bertz CT molecular complexity index is 676. The predicted molar refractivity (Wildman–Crippen MR) is 124 cm³/mol. The van der Waals surface area contributed by atoms with Crippen LogP contribution < -0.4 is 10.6 Å². The Morgan fingerprint density at radius 3 is 2.46 bits per heavy atom. The summed E-state index contributed by atoms with van der Waals surface area (Å²) in [4.78, 5) is 21.5. The Morgan fingerprint density at radius 1 is 1.18 bits per heavy atom. The van der Waals surface area contributed by atoms with Crippen LogP contribution in [-0.4, -0.2) is 84.0 Å². The highest BCUT2D eigenvalue weighted by molar-refractivity contribution is 14.0. The van der Waals surface area contributed by atoms with E-state index in [-0.39, 0.29) is 29.9 Å². The number of nitrogens with one attached hydrogen (secondary N) is 2. The zero-order valence-electron chi connectivity index (χ0n) is 16.3. The summed E-state index contributed by atoms with van der Waals surface area (Å²) in [5.74, 6) is 1.52. The number of guanidine groups is 1. The Balaban J connectivity index is 0.00000280. The molecule has 0 bridgehead atoms. The zero-order chi connectivity index (χ0) is 19.1. The predicted octanol–water partition coefficient (Wildman–Crippen LogP) is 0.884. The van der Waals surface area contributed by atoms with E-state index in [0.717, 1.165) is 49.9 Å². The fourth-order valence-corrected chi connectivity index (χ4v) is 4.08. The van der Waals surface area contributed by atoms with E-state index in [9.17, 15) is 9.00 Å². The maximum absolute atomic E-state index is 12.3. The normalized spacial score (nSPS) is 18.9. The van der Waals surface area contributed by atoms with Crippen LogP contribution >= 0.6 is 24.0 Å². The van der Waals surface area contributed by atoms with Gasteiger partial charge in [-0.1, -0.05) is 18.2 Å². The molecular weight excluding hydrogens is 489 g/mol. The minimum absolute atomic E-state index is 0. The van der Waals surface area contributed by atoms with Crippen molar-refractivity contribution in [1.29, 1.82) is 0 Å². The number of carbonyl (C=O) groups is 1. The molecule has 1 aromatic carbocycles. The number of carbonyl (C=O) groups excluding carboxylic acids is 1. The summed E-state index contributed by atoms with van der Waals surface area (Å²) in [5.41, 5.74) is 0. The Kier molecular flexibility index (Phi) is 9.66. The maximum Gasteiger partial charge on any atom is 0.234 e. The smallest absolute Gasteiger partial charge is 0.234 e. The number of rotatable bonds is 7. The highest BCUT2D eigenvalue weighted by Crippen LogP contribution is 2.18. The Morgan fingerprint density at radius 2 is 1.86 bits per heavy atom. The second-order valence-corrected chi connectivity index (χ2v) is 8.51. The minimum atomic E-state index is -1.01. The van der Waals surface area contributed by atoms with E-state index in [1.165, 1.54) is 0 Å². The first-order valence-corrected chi connectivity index (χ1v) is 10.9. The van der Waals surface area contributed by atoms with E-state index in [4.69, 9.17) is 0 Å². The van der Waals surface area contributed by atoms with Gasteiger partial charge in [-0.05, 0) is 25.0 Å². The van der Waals surface area contributed by atoms with Crippen molar-refractivity contribution in [2.45, 2.75) is 23.8 Å². The van der Waals surface area contributed by atoms with Crippen molar-refractivity contribution in [3.05, 3.63) is 30.3 Å². The van der Waals surface area contributed by atoms with Gasteiger partial charge in [-0.25, -0.2) is 0 Å². The number of benzene rings is 1. The van der Waals surface area contributed by atoms with Gasteiger partial charge in [0.15, 0.2) is 5.96 Å². The third kappa shape index (κ3) is 7.32. The van der Waals surface area contributed by atoms with Crippen LogP contribution in [0.5, 0.6) is 0 Å². The van der Waals surface area contributed by atoms with Gasteiger partial charge in [0.25, 0.3) is 0 Å². The Labute approximate surface area is 186 Å². The van der Waals surface area contributed by atoms with Gasteiger partial charge in [-0.2, -0.15) is 0 Å². The number of halogens is 1. The van der Waals surface area contributed by atoms with Crippen molar-refractivity contribution < 1.29 is 9.00 Å². The van der Waals surface area contributed by atoms with Crippen LogP contribution in [0.15, 0.2) is 40.2 Å². The third-order valence-electron chi connectivity index (χ3n) is 4.77. The molecule has 1 aliphatic heterocycles. The van der Waals surface area contributed by atoms with E-state index in [0.29, 0.717) is 24.9 Å². The monoisotopic (exact) mass is 519 g/mol. The van der Waals surface area contributed by atoms with Crippen molar-refractivity contribution in [2.24, 2.45) is 4.99 Å². The summed E-state index contributed by atoms with van der Waals surface area (Å²) in [6.45, 7) is 4.43. The molecule has 2 N–H and O–H groups in total. The molecule has 1 saturated heterocycles. The van der Waals surface area contributed by atoms with Gasteiger partial charge in [0.2, 0.25) is 5.91 Å². The molecule has 0 aromatic heterocycles. The fourth-order valence-electron chi connectivity index (χ4n) is 3.10. The van der Waals surface area contributed by atoms with Crippen molar-refractivity contribution in [1.82, 2.24) is 20.4 Å². The van der Waals surface area contributed by atoms with Gasteiger partial charge in [0, 0.05) is 56.5 Å². The first kappa shape index (κ1) is 23.1. The number of hydrogen-bond donors (Lipinski definition) is 2. The van der Waals surface area contributed by atoms with E-state index in [1.807, 2.05) is 30.3 Å². The van der Waals surface area contributed by atoms with Gasteiger partial charge in [0.05, 0.1) is 17.3 Å². The maximum atomic E-state index is 12.3. The molecule has 0 spiro atoms. The van der Waals surface area contributed by atoms with Gasteiger partial charge in [-0.3, -0.25) is 18.9 Å². The number of hydrogen-bond acceptors (Lipinski definition) is 4. The van der Waals surface area contributed by atoms with E-state index in [1.54, 1.807) is 7.05 Å². The quantitative estimate of drug-likeness (QED) is 0.318. The molecule has 1 amide bonds. The first-order chi connectivity index (χ1) is 13.2. The van der Waals surface area contributed by atoms with Crippen molar-refractivity contribution in [3.8, 4) is 0 Å². The second-order valence-electron chi connectivity index (χ2n) is 6.94. The first-order valence-electron chi connectivity index (χ1n) is 9.56. The van der Waals surface area contributed by atoms with E-state index in [2.05, 4.69) is 25.4 Å². The van der Waals surface area contributed by atoms with Crippen LogP contribution in [0.4, 0.5) is 0 Å². The highest BCUT2D eigenvalue weighted by atomic mass is 127. The molecule has 1 aliphatic carbocycles. The minimum Gasteiger partial charge on any atom is -0.355 e. The summed E-state index contributed by atoms with van der Waals surface area (Å²) >= 11 is 0. The van der Waals surface area contributed by atoms with E-state index >= 15 is 0 Å². The number of piperazine rings is 1. The molecule has 1 unspecified atom stereocenters. The lowest BCUT2D eigenvalue weighted by Gasteiger charge is -2.36. The summed E-state index contributed by atoms with van der Waals surface area (Å²) in [6.07, 6.45) is 2.24. The molecule has 0 radical (unpaired) electrons. The third-order valence-corrected chi connectivity index (χ3v) is 6.14. The van der Waals surface area contributed by atoms with Crippen LogP contribution in [-0.2, 0) is 15.6 Å². The number of nitrogens with zero attached hydrogens (tertiary/aromatic N) is 3. The van der Waals surface area contributed by atoms with Crippen LogP contribution in [0.2, 0.25) is 0 Å². The van der Waals surface area contributed by atoms with Crippen LogP contribution in [0.3, 0.4) is 0 Å². The lowest BCUT2D eigenvalue weighted by molar-refractivity contribution is -0.122. The highest BCUT2D eigenvalue weighted by Gasteiger charge is 2.25. The summed E-state index contributed by atoms with van der Waals surface area (Å²) in [7, 11) is 0.762. The van der Waals surface area contributed by atoms with Gasteiger partial charge in [-0.15, -0.1) is 24.0 Å². The van der Waals surface area contributed by atoms with E-state index < -0.39 is 10.8 Å². The lowest BCUT2D eigenvalue weighted by Crippen LogP contribution is -2.54. The van der Waals surface area contributed by atoms with Crippen LogP contribution in [0, 0.1) is 0 Å². The molecule has 1 aromatic rings. The summed E-state index contributed by atoms with van der Waals surface area (Å²) < 4.78 is 12.3. The SMILES string of the molecule is CN=C(NCCS(=O)c1ccccc1)N1CCN(CC(=O)NC2CC2)CC1.I. The van der Waals surface area contributed by atoms with Crippen LogP contribution in [0.1, 0.15) is 12.8 Å². The average molecular weight is 519 g/mol. The molecule has 2 aliphatic rings. The zero-order valence-corrected chi connectivity index (χ0v) is 19.4. The average Bonchev–Trinajstić information content (AvgIpc) is 3.50. The molecule has 2 fully saturated rings. The topological polar surface area (TPSA) is 77.0 Å². The molecule has 28 heavy (non-hydrogen) atoms. The molecule has 1 heterocycles. The van der Waals surface area contributed by atoms with Gasteiger partial charge < -0.3 is 15.5 Å². The largest absolute Gasteiger partial charge is 0.355 e. The van der Waals surface area contributed by atoms with Gasteiger partial charge >= 0.3 is 0 Å². The molecule has 9 heteroatoms. The van der Waals surface area contributed by atoms with Crippen molar-refractivity contribution in [3.63, 3.8) is 0 Å². The van der Waals surface area contributed by atoms with Crippen molar-refractivity contribution >= 4 is 46.6 Å². The molecular formula is C19H30IN5O2S.